The maximum Gasteiger partial charge on any atom is 0.330 e. The van der Waals surface area contributed by atoms with Crippen LogP contribution in [0.15, 0.2) is 35.9 Å². The van der Waals surface area contributed by atoms with Crippen LogP contribution < -0.4 is 4.74 Å². The second kappa shape index (κ2) is 11.7. The lowest BCUT2D eigenvalue weighted by Gasteiger charge is -2.68. The summed E-state index contributed by atoms with van der Waals surface area (Å²) in [5, 5.41) is 31.9. The fourth-order valence-corrected chi connectivity index (χ4v) is 11.8. The highest BCUT2D eigenvalue weighted by Gasteiger charge is 2.66. The molecule has 252 valence electrons. The molecule has 0 aliphatic heterocycles. The normalized spacial score (nSPS) is 43.4. The van der Waals surface area contributed by atoms with E-state index < -0.39 is 28.9 Å². The van der Waals surface area contributed by atoms with E-state index in [4.69, 9.17) is 9.47 Å². The largest absolute Gasteiger partial charge is 0.504 e. The fraction of sp³-hybridized carbons (Fsp3) is 0.692. The summed E-state index contributed by atoms with van der Waals surface area (Å²) in [5.74, 6) is 1.33. The Bertz CT molecular complexity index is 1430. The Morgan fingerprint density at radius 3 is 2.41 bits per heavy atom. The van der Waals surface area contributed by atoms with Gasteiger partial charge in [0.1, 0.15) is 0 Å². The number of carboxylic acid groups (broad SMARTS) is 1. The number of carbonyl (C=O) groups excluding carboxylic acids is 1. The van der Waals surface area contributed by atoms with Gasteiger partial charge in [0.2, 0.25) is 0 Å². The molecule has 46 heavy (non-hydrogen) atoms. The van der Waals surface area contributed by atoms with Crippen LogP contribution in [0.4, 0.5) is 0 Å². The molecule has 11 atom stereocenters. The van der Waals surface area contributed by atoms with E-state index in [2.05, 4.69) is 40.7 Å². The molecule has 0 bridgehead atoms. The molecular weight excluding hydrogens is 580 g/mol. The van der Waals surface area contributed by atoms with Gasteiger partial charge in [0, 0.05) is 11.5 Å². The average Bonchev–Trinajstić information content (AvgIpc) is 3.03. The number of hydrogen-bond donors (Lipinski definition) is 3. The van der Waals surface area contributed by atoms with Gasteiger partial charge in [-0.1, -0.05) is 52.3 Å². The third-order valence-electron chi connectivity index (χ3n) is 14.5. The lowest BCUT2D eigenvalue weighted by molar-refractivity contribution is -0.207. The van der Waals surface area contributed by atoms with Crippen LogP contribution in [-0.2, 0) is 14.3 Å². The molecule has 5 aliphatic rings. The molecule has 7 heteroatoms. The van der Waals surface area contributed by atoms with Crippen molar-refractivity contribution in [2.24, 2.45) is 57.2 Å². The second-order valence-corrected chi connectivity index (χ2v) is 16.4. The number of benzene rings is 1. The Morgan fingerprint density at radius 2 is 1.70 bits per heavy atom. The molecule has 0 unspecified atom stereocenters. The van der Waals surface area contributed by atoms with Crippen molar-refractivity contribution in [1.82, 2.24) is 0 Å². The van der Waals surface area contributed by atoms with Crippen LogP contribution >= 0.6 is 0 Å². The number of aliphatic hydroxyl groups is 1. The number of allylic oxidation sites excluding steroid dienone is 2. The summed E-state index contributed by atoms with van der Waals surface area (Å²) < 4.78 is 11.0. The summed E-state index contributed by atoms with van der Waals surface area (Å²) in [6.45, 7) is 11.8. The molecule has 0 amide bonds. The Morgan fingerprint density at radius 1 is 0.978 bits per heavy atom. The Balaban J connectivity index is 1.23. The van der Waals surface area contributed by atoms with E-state index in [1.54, 1.807) is 18.2 Å². The number of aliphatic carboxylic acids is 1. The summed E-state index contributed by atoms with van der Waals surface area (Å²) in [4.78, 5) is 25.8. The molecule has 4 fully saturated rings. The van der Waals surface area contributed by atoms with Crippen LogP contribution in [0, 0.1) is 57.2 Å². The Kier molecular flexibility index (Phi) is 8.43. The van der Waals surface area contributed by atoms with Crippen molar-refractivity contribution in [2.45, 2.75) is 98.5 Å². The summed E-state index contributed by atoms with van der Waals surface area (Å²) in [6, 6.07) is 4.88. The first-order valence-corrected chi connectivity index (χ1v) is 17.5. The number of carbonyl (C=O) groups is 2. The van der Waals surface area contributed by atoms with Gasteiger partial charge in [-0.25, -0.2) is 4.79 Å². The summed E-state index contributed by atoms with van der Waals surface area (Å²) in [7, 11) is 1.48. The number of aliphatic hydroxyl groups excluding tert-OH is 1. The van der Waals surface area contributed by atoms with Gasteiger partial charge in [0.05, 0.1) is 25.2 Å². The van der Waals surface area contributed by atoms with Crippen LogP contribution in [-0.4, -0.2) is 47.1 Å². The summed E-state index contributed by atoms with van der Waals surface area (Å²) in [6.07, 6.45) is 13.0. The molecule has 0 saturated heterocycles. The molecule has 1 aromatic carbocycles. The minimum Gasteiger partial charge on any atom is -0.504 e. The number of methoxy groups -OCH3 is 1. The van der Waals surface area contributed by atoms with E-state index in [0.717, 1.165) is 51.4 Å². The molecule has 4 saturated carbocycles. The van der Waals surface area contributed by atoms with Gasteiger partial charge in [-0.3, -0.25) is 4.79 Å². The van der Waals surface area contributed by atoms with Crippen molar-refractivity contribution < 1.29 is 34.4 Å². The summed E-state index contributed by atoms with van der Waals surface area (Å²) >= 11 is 0. The second-order valence-electron chi connectivity index (χ2n) is 16.4. The SMILES string of the molecule is COc1cc(C=CC(=O)OC[C@]2(C)[C@@H]3CC[C@]4(C)[C@H](CC=C5[C@@H]6[C@@H](C)[C@H](C)CC[C@]6(C(=O)O)CC[C@H]54)[C@@]3(C)CC[C@@H]2O)ccc1O. The molecule has 0 heterocycles. The number of rotatable bonds is 6. The van der Waals surface area contributed by atoms with Crippen molar-refractivity contribution in [2.75, 3.05) is 13.7 Å². The molecule has 0 aromatic heterocycles. The smallest absolute Gasteiger partial charge is 0.330 e. The zero-order valence-electron chi connectivity index (χ0n) is 28.6. The molecule has 5 aliphatic carbocycles. The third kappa shape index (κ3) is 4.93. The fourth-order valence-electron chi connectivity index (χ4n) is 11.8. The maximum atomic E-state index is 12.9. The summed E-state index contributed by atoms with van der Waals surface area (Å²) in [5.41, 5.74) is 1.01. The number of hydrogen-bond acceptors (Lipinski definition) is 6. The number of phenols is 1. The van der Waals surface area contributed by atoms with Gasteiger partial charge >= 0.3 is 11.9 Å². The topological polar surface area (TPSA) is 113 Å². The van der Waals surface area contributed by atoms with Crippen molar-refractivity contribution in [3.8, 4) is 11.5 Å². The molecule has 7 nitrogen and oxygen atoms in total. The van der Waals surface area contributed by atoms with Crippen molar-refractivity contribution in [3.63, 3.8) is 0 Å². The molecule has 0 spiro atoms. The first-order chi connectivity index (χ1) is 21.7. The highest BCUT2D eigenvalue weighted by atomic mass is 16.5. The number of carboxylic acids is 1. The Hall–Kier alpha value is -2.80. The molecular formula is C39H54O7. The lowest BCUT2D eigenvalue weighted by Crippen LogP contribution is -2.63. The van der Waals surface area contributed by atoms with Gasteiger partial charge < -0.3 is 24.8 Å². The highest BCUT2D eigenvalue weighted by molar-refractivity contribution is 5.87. The van der Waals surface area contributed by atoms with Crippen molar-refractivity contribution >= 4 is 18.0 Å². The molecule has 6 rings (SSSR count). The average molecular weight is 635 g/mol. The number of fused-ring (bicyclic) bond motifs is 7. The lowest BCUT2D eigenvalue weighted by atomic mass is 9.36. The molecule has 1 aromatic rings. The monoisotopic (exact) mass is 634 g/mol. The number of esters is 1. The van der Waals surface area contributed by atoms with E-state index in [1.165, 1.54) is 24.8 Å². The zero-order valence-corrected chi connectivity index (χ0v) is 28.6. The first-order valence-electron chi connectivity index (χ1n) is 17.5. The quantitative estimate of drug-likeness (QED) is 0.167. The van der Waals surface area contributed by atoms with E-state index in [1.807, 2.05) is 0 Å². The number of phenolic OH excluding ortho intramolecular Hbond substituents is 1. The number of ether oxygens (including phenoxy) is 2. The standard InChI is InChI=1S/C39H54O7/c1-23-13-19-39(35(43)44)20-14-27-26(34(39)24(23)2)9-11-30-36(27,3)17-15-31-37(30,4)18-16-32(41)38(31,5)22-46-33(42)12-8-25-7-10-28(40)29(21-25)45-6/h7-10,12,21,23-24,27,30-32,34,40-41H,11,13-20,22H2,1-6H3,(H,43,44)/t23-,24+,27-,30+,31-,32+,34+,36+,37-,38-,39+/m1/s1. The minimum atomic E-state index is -0.626. The van der Waals surface area contributed by atoms with Crippen LogP contribution in [0.2, 0.25) is 0 Å². The van der Waals surface area contributed by atoms with Crippen molar-refractivity contribution in [1.29, 1.82) is 0 Å². The van der Waals surface area contributed by atoms with Gasteiger partial charge in [0.15, 0.2) is 11.5 Å². The number of aromatic hydroxyl groups is 1. The van der Waals surface area contributed by atoms with Crippen LogP contribution in [0.1, 0.15) is 98.0 Å². The van der Waals surface area contributed by atoms with Crippen LogP contribution in [0.25, 0.3) is 6.08 Å². The first kappa shape index (κ1) is 33.1. The van der Waals surface area contributed by atoms with Gasteiger partial charge in [-0.2, -0.15) is 0 Å². The minimum absolute atomic E-state index is 0.0271. The predicted octanol–water partition coefficient (Wildman–Crippen LogP) is 7.65. The van der Waals surface area contributed by atoms with Gasteiger partial charge in [-0.05, 0) is 128 Å². The van der Waals surface area contributed by atoms with Crippen molar-refractivity contribution in [3.05, 3.63) is 41.5 Å². The van der Waals surface area contributed by atoms with Gasteiger partial charge in [-0.15, -0.1) is 0 Å². The molecule has 3 N–H and O–H groups in total. The Labute approximate surface area is 274 Å². The highest BCUT2D eigenvalue weighted by Crippen LogP contribution is 2.72. The maximum absolute atomic E-state index is 12.9. The van der Waals surface area contributed by atoms with E-state index in [0.29, 0.717) is 41.4 Å². The van der Waals surface area contributed by atoms with E-state index in [9.17, 15) is 24.9 Å². The van der Waals surface area contributed by atoms with Gasteiger partial charge in [0.25, 0.3) is 0 Å². The zero-order chi connectivity index (χ0) is 33.2. The molecule has 0 radical (unpaired) electrons. The predicted molar refractivity (Wildman–Crippen MR) is 177 cm³/mol. The van der Waals surface area contributed by atoms with E-state index in [-0.39, 0.29) is 35.0 Å². The van der Waals surface area contributed by atoms with E-state index >= 15 is 0 Å². The van der Waals surface area contributed by atoms with Crippen LogP contribution in [0.3, 0.4) is 0 Å². The third-order valence-corrected chi connectivity index (χ3v) is 14.5. The van der Waals surface area contributed by atoms with Crippen LogP contribution in [0.5, 0.6) is 11.5 Å².